The van der Waals surface area contributed by atoms with Gasteiger partial charge in [-0.1, -0.05) is 0 Å². The van der Waals surface area contributed by atoms with Crippen molar-refractivity contribution in [2.24, 2.45) is 0 Å². The quantitative estimate of drug-likeness (QED) is 0.641. The molecule has 0 saturated carbocycles. The molecule has 3 N–H and O–H groups in total. The maximum Gasteiger partial charge on any atom is 0.143 e. The molecule has 0 amide bonds. The van der Waals surface area contributed by atoms with Gasteiger partial charge in [0.2, 0.25) is 0 Å². The molecular weight excluding hydrogens is 208 g/mol. The van der Waals surface area contributed by atoms with Crippen LogP contribution in [0, 0.1) is 0 Å². The highest BCUT2D eigenvalue weighted by molar-refractivity contribution is 5.29. The molecule has 1 aromatic rings. The molecule has 1 heterocycles. The highest BCUT2D eigenvalue weighted by Crippen LogP contribution is 2.25. The van der Waals surface area contributed by atoms with E-state index in [1.54, 1.807) is 25.4 Å². The van der Waals surface area contributed by atoms with Gasteiger partial charge in [0, 0.05) is 6.20 Å². The van der Waals surface area contributed by atoms with Crippen molar-refractivity contribution < 1.29 is 14.9 Å². The van der Waals surface area contributed by atoms with Crippen molar-refractivity contribution in [1.29, 1.82) is 0 Å². The van der Waals surface area contributed by atoms with E-state index in [9.17, 15) is 10.2 Å². The molecule has 0 saturated heterocycles. The van der Waals surface area contributed by atoms with Crippen LogP contribution in [0.15, 0.2) is 18.3 Å². The first kappa shape index (κ1) is 12.9. The highest BCUT2D eigenvalue weighted by Gasteiger charge is 2.22. The SMILES string of the molecule is CNCCC(O)C(O)c1ncccc1OC. The summed E-state index contributed by atoms with van der Waals surface area (Å²) in [6, 6.07) is 3.42. The van der Waals surface area contributed by atoms with Crippen LogP contribution in [0.4, 0.5) is 0 Å². The Bertz CT molecular complexity index is 320. The van der Waals surface area contributed by atoms with Gasteiger partial charge in [0.05, 0.1) is 13.2 Å². The fraction of sp³-hybridized carbons (Fsp3) is 0.545. The topological polar surface area (TPSA) is 74.6 Å². The van der Waals surface area contributed by atoms with E-state index in [4.69, 9.17) is 4.74 Å². The van der Waals surface area contributed by atoms with E-state index in [2.05, 4.69) is 10.3 Å². The number of aliphatic hydroxyl groups excluding tert-OH is 2. The van der Waals surface area contributed by atoms with E-state index in [1.807, 2.05) is 0 Å². The third kappa shape index (κ3) is 3.16. The number of methoxy groups -OCH3 is 1. The predicted octanol–water partition coefficient (Wildman–Crippen LogP) is 0.0940. The van der Waals surface area contributed by atoms with E-state index in [-0.39, 0.29) is 0 Å². The molecule has 0 fully saturated rings. The number of nitrogens with one attached hydrogen (secondary N) is 1. The van der Waals surface area contributed by atoms with Crippen molar-refractivity contribution in [2.45, 2.75) is 18.6 Å². The Labute approximate surface area is 95.1 Å². The van der Waals surface area contributed by atoms with Crippen LogP contribution in [0.2, 0.25) is 0 Å². The van der Waals surface area contributed by atoms with Crippen LogP contribution in [0.25, 0.3) is 0 Å². The highest BCUT2D eigenvalue weighted by atomic mass is 16.5. The summed E-state index contributed by atoms with van der Waals surface area (Å²) in [7, 11) is 3.30. The minimum absolute atomic E-state index is 0.369. The van der Waals surface area contributed by atoms with Crippen molar-refractivity contribution in [1.82, 2.24) is 10.3 Å². The van der Waals surface area contributed by atoms with Crippen LogP contribution < -0.4 is 10.1 Å². The molecule has 1 rings (SSSR count). The van der Waals surface area contributed by atoms with Crippen molar-refractivity contribution in [3.8, 4) is 5.75 Å². The first-order chi connectivity index (χ1) is 7.70. The summed E-state index contributed by atoms with van der Waals surface area (Å²) in [6.45, 7) is 0.632. The zero-order valence-corrected chi connectivity index (χ0v) is 9.55. The summed E-state index contributed by atoms with van der Waals surface area (Å²) in [4.78, 5) is 4.02. The van der Waals surface area contributed by atoms with Gasteiger partial charge in [-0.05, 0) is 32.1 Å². The first-order valence-electron chi connectivity index (χ1n) is 5.20. The Kier molecular flexibility index (Phi) is 5.18. The van der Waals surface area contributed by atoms with Gasteiger partial charge in [-0.2, -0.15) is 0 Å². The molecule has 0 aliphatic carbocycles. The second-order valence-electron chi connectivity index (χ2n) is 3.50. The van der Waals surface area contributed by atoms with Gasteiger partial charge in [0.1, 0.15) is 17.5 Å². The van der Waals surface area contributed by atoms with Gasteiger partial charge in [0.15, 0.2) is 0 Å². The van der Waals surface area contributed by atoms with E-state index in [0.717, 1.165) is 0 Å². The molecule has 1 aromatic heterocycles. The number of hydrogen-bond donors (Lipinski definition) is 3. The molecule has 0 radical (unpaired) electrons. The van der Waals surface area contributed by atoms with Gasteiger partial charge in [-0.3, -0.25) is 4.98 Å². The van der Waals surface area contributed by atoms with Crippen LogP contribution in [0.3, 0.4) is 0 Å². The summed E-state index contributed by atoms with van der Waals surface area (Å²) >= 11 is 0. The van der Waals surface area contributed by atoms with Crippen LogP contribution in [0.1, 0.15) is 18.2 Å². The number of pyridine rings is 1. The fourth-order valence-corrected chi connectivity index (χ4v) is 1.43. The van der Waals surface area contributed by atoms with Crippen LogP contribution in [-0.2, 0) is 0 Å². The van der Waals surface area contributed by atoms with Gasteiger partial charge >= 0.3 is 0 Å². The van der Waals surface area contributed by atoms with Crippen molar-refractivity contribution in [3.63, 3.8) is 0 Å². The number of nitrogens with zero attached hydrogens (tertiary/aromatic N) is 1. The molecule has 0 aromatic carbocycles. The Balaban J connectivity index is 2.74. The van der Waals surface area contributed by atoms with E-state index < -0.39 is 12.2 Å². The Hall–Kier alpha value is -1.17. The number of aromatic nitrogens is 1. The molecule has 5 nitrogen and oxygen atoms in total. The zero-order chi connectivity index (χ0) is 12.0. The molecule has 5 heteroatoms. The lowest BCUT2D eigenvalue weighted by atomic mass is 10.1. The zero-order valence-electron chi connectivity index (χ0n) is 9.55. The number of hydrogen-bond acceptors (Lipinski definition) is 5. The Morgan fingerprint density at radius 2 is 2.25 bits per heavy atom. The second-order valence-corrected chi connectivity index (χ2v) is 3.50. The molecule has 90 valence electrons. The lowest BCUT2D eigenvalue weighted by Crippen LogP contribution is -2.24. The minimum atomic E-state index is -1.02. The Morgan fingerprint density at radius 1 is 1.50 bits per heavy atom. The number of aliphatic hydroxyl groups is 2. The molecule has 2 unspecified atom stereocenters. The van der Waals surface area contributed by atoms with Gasteiger partial charge in [-0.25, -0.2) is 0 Å². The molecule has 0 spiro atoms. The maximum atomic E-state index is 9.91. The molecule has 16 heavy (non-hydrogen) atoms. The standard InChI is InChI=1S/C11H18N2O3/c1-12-7-5-8(14)11(15)10-9(16-2)4-3-6-13-10/h3-4,6,8,11-12,14-15H,5,7H2,1-2H3. The average Bonchev–Trinajstić information content (AvgIpc) is 2.34. The van der Waals surface area contributed by atoms with Crippen molar-refractivity contribution in [3.05, 3.63) is 24.0 Å². The number of rotatable bonds is 6. The number of ether oxygens (including phenoxy) is 1. The third-order valence-corrected chi connectivity index (χ3v) is 2.35. The third-order valence-electron chi connectivity index (χ3n) is 2.35. The van der Waals surface area contributed by atoms with Crippen LogP contribution in [0.5, 0.6) is 5.75 Å². The molecular formula is C11H18N2O3. The van der Waals surface area contributed by atoms with Crippen molar-refractivity contribution in [2.75, 3.05) is 20.7 Å². The fourth-order valence-electron chi connectivity index (χ4n) is 1.43. The molecule has 0 aliphatic rings. The maximum absolute atomic E-state index is 9.91. The smallest absolute Gasteiger partial charge is 0.143 e. The van der Waals surface area contributed by atoms with Crippen LogP contribution >= 0.6 is 0 Å². The van der Waals surface area contributed by atoms with Gasteiger partial charge in [-0.15, -0.1) is 0 Å². The van der Waals surface area contributed by atoms with Crippen LogP contribution in [-0.4, -0.2) is 42.0 Å². The van der Waals surface area contributed by atoms with E-state index in [1.165, 1.54) is 7.11 Å². The predicted molar refractivity (Wildman–Crippen MR) is 60.3 cm³/mol. The molecule has 0 bridgehead atoms. The lowest BCUT2D eigenvalue weighted by molar-refractivity contribution is 0.0101. The lowest BCUT2D eigenvalue weighted by Gasteiger charge is -2.18. The minimum Gasteiger partial charge on any atom is -0.495 e. The van der Waals surface area contributed by atoms with E-state index in [0.29, 0.717) is 24.4 Å². The summed E-state index contributed by atoms with van der Waals surface area (Å²) in [5.74, 6) is 0.485. The second kappa shape index (κ2) is 6.42. The monoisotopic (exact) mass is 226 g/mol. The largest absolute Gasteiger partial charge is 0.495 e. The van der Waals surface area contributed by atoms with Gasteiger partial charge < -0.3 is 20.3 Å². The summed E-state index contributed by atoms with van der Waals surface area (Å²) in [5.41, 5.74) is 0.369. The van der Waals surface area contributed by atoms with Gasteiger partial charge in [0.25, 0.3) is 0 Å². The molecule has 0 aliphatic heterocycles. The summed E-state index contributed by atoms with van der Waals surface area (Å²) < 4.78 is 5.07. The Morgan fingerprint density at radius 3 is 2.88 bits per heavy atom. The van der Waals surface area contributed by atoms with E-state index >= 15 is 0 Å². The first-order valence-corrected chi connectivity index (χ1v) is 5.20. The van der Waals surface area contributed by atoms with Crippen molar-refractivity contribution >= 4 is 0 Å². The summed E-state index contributed by atoms with van der Waals surface area (Å²) in [5, 5.41) is 22.6. The normalized spacial score (nSPS) is 14.5. The average molecular weight is 226 g/mol. The summed E-state index contributed by atoms with van der Waals surface area (Å²) in [6.07, 6.45) is 0.143. The molecule has 2 atom stereocenters.